The van der Waals surface area contributed by atoms with Crippen molar-refractivity contribution in [3.8, 4) is 11.4 Å². The number of halogens is 1. The molecule has 6 heteroatoms. The number of esters is 1. The molecular weight excluding hydrogens is 583 g/mol. The van der Waals surface area contributed by atoms with Crippen LogP contribution in [0.25, 0.3) is 22.4 Å². The van der Waals surface area contributed by atoms with E-state index in [2.05, 4.69) is 67.1 Å². The summed E-state index contributed by atoms with van der Waals surface area (Å²) in [7, 11) is 5.91. The van der Waals surface area contributed by atoms with Crippen molar-refractivity contribution in [2.24, 2.45) is 0 Å². The minimum atomic E-state index is -0.364. The number of hydrogen-bond acceptors (Lipinski definition) is 3. The van der Waals surface area contributed by atoms with E-state index in [1.54, 1.807) is 12.1 Å². The Balaban J connectivity index is 0.000000280. The van der Waals surface area contributed by atoms with Gasteiger partial charge >= 0.3 is 33.0 Å². The molecule has 0 aliphatic heterocycles. The molecule has 1 aliphatic rings. The number of imidazole rings is 1. The normalized spacial score (nSPS) is 15.1. The van der Waals surface area contributed by atoms with Crippen molar-refractivity contribution in [1.82, 2.24) is 9.55 Å². The van der Waals surface area contributed by atoms with Crippen molar-refractivity contribution in [2.45, 2.75) is 41.2 Å². The molecule has 0 atom stereocenters. The number of methoxy groups -OCH3 is 1. The van der Waals surface area contributed by atoms with Gasteiger partial charge in [-0.1, -0.05) is 65.0 Å². The van der Waals surface area contributed by atoms with Crippen molar-refractivity contribution in [1.29, 1.82) is 0 Å². The van der Waals surface area contributed by atoms with Crippen LogP contribution >= 0.6 is 9.69 Å². The summed E-state index contributed by atoms with van der Waals surface area (Å²) in [5.74, 6) is 7.80. The van der Waals surface area contributed by atoms with Crippen LogP contribution in [0.15, 0.2) is 72.8 Å². The predicted octanol–water partition coefficient (Wildman–Crippen LogP) is 8.00. The maximum absolute atomic E-state index is 11.8. The molecular formula is C32H32ClN2O2Rh+. The molecule has 38 heavy (non-hydrogen) atoms. The zero-order chi connectivity index (χ0) is 27.8. The molecule has 4 nitrogen and oxygen atoms in total. The van der Waals surface area contributed by atoms with E-state index in [1.165, 1.54) is 42.3 Å². The third kappa shape index (κ3) is 6.74. The van der Waals surface area contributed by atoms with Crippen LogP contribution in [0.4, 0.5) is 0 Å². The average Bonchev–Trinajstić information content (AvgIpc) is 3.41. The average molecular weight is 615 g/mol. The number of carbonyl (C=O) groups is 1. The van der Waals surface area contributed by atoms with Gasteiger partial charge in [-0.15, -0.1) is 35.9 Å². The van der Waals surface area contributed by atoms with Crippen LogP contribution in [0.5, 0.6) is 0 Å². The van der Waals surface area contributed by atoms with Gasteiger partial charge in [0, 0.05) is 6.54 Å². The zero-order valence-corrected chi connectivity index (χ0v) is 25.0. The van der Waals surface area contributed by atoms with Crippen LogP contribution in [-0.4, -0.2) is 22.6 Å². The molecule has 0 saturated heterocycles. The van der Waals surface area contributed by atoms with Crippen molar-refractivity contribution in [3.63, 3.8) is 0 Å². The van der Waals surface area contributed by atoms with Crippen molar-refractivity contribution in [3.05, 3.63) is 120 Å². The van der Waals surface area contributed by atoms with Gasteiger partial charge in [0.2, 0.25) is 0 Å². The Kier molecular flexibility index (Phi) is 11.1. The third-order valence-corrected chi connectivity index (χ3v) is 7.12. The number of aromatic nitrogens is 2. The Hall–Kier alpha value is -2.49. The summed E-state index contributed by atoms with van der Waals surface area (Å²) in [5, 5.41) is 0. The number of hydrogen-bond donors (Lipinski definition) is 0. The Bertz CT molecular complexity index is 1260. The molecule has 1 fully saturated rings. The Morgan fingerprint density at radius 2 is 1.45 bits per heavy atom. The maximum atomic E-state index is 11.8. The zero-order valence-electron chi connectivity index (χ0n) is 22.6. The molecule has 1 aromatic heterocycles. The molecule has 197 valence electrons. The second-order valence-electron chi connectivity index (χ2n) is 9.10. The number of fused-ring (bicyclic) bond motifs is 1. The first-order valence-electron chi connectivity index (χ1n) is 12.2. The van der Waals surface area contributed by atoms with Crippen LogP contribution in [0, 0.1) is 35.7 Å². The SMILES string of the molecule is COC(=O)c1ccc2c(c1)nc(-c1[c-]cccc1)n2Cc1ccccc1.C[C]1[C](C)[C](C)[C](C)[C]1C.[Cl][Rh+2]. The molecule has 1 saturated carbocycles. The number of carbonyl (C=O) groups excluding carboxylic acids is 1. The van der Waals surface area contributed by atoms with Gasteiger partial charge in [0.05, 0.1) is 29.5 Å². The predicted molar refractivity (Wildman–Crippen MR) is 151 cm³/mol. The fourth-order valence-corrected chi connectivity index (χ4v) is 4.44. The summed E-state index contributed by atoms with van der Waals surface area (Å²) in [4.78, 5) is 16.6. The van der Waals surface area contributed by atoms with Gasteiger partial charge in [-0.05, 0) is 53.4 Å². The van der Waals surface area contributed by atoms with E-state index in [0.717, 1.165) is 22.4 Å². The minimum absolute atomic E-state index is 0.364. The van der Waals surface area contributed by atoms with Gasteiger partial charge in [-0.3, -0.25) is 4.98 Å². The van der Waals surface area contributed by atoms with Gasteiger partial charge in [0.15, 0.2) is 0 Å². The summed E-state index contributed by atoms with van der Waals surface area (Å²) in [6, 6.07) is 26.7. The van der Waals surface area contributed by atoms with E-state index in [9.17, 15) is 4.79 Å². The van der Waals surface area contributed by atoms with E-state index < -0.39 is 0 Å². The van der Waals surface area contributed by atoms with E-state index in [-0.39, 0.29) is 5.97 Å². The molecule has 1 heterocycles. The third-order valence-electron chi connectivity index (χ3n) is 7.12. The summed E-state index contributed by atoms with van der Waals surface area (Å²) >= 11 is 2.02. The standard InChI is InChI=1S/C22H17N2O2.C10H15.ClH.Rh/c1-26-22(25)18-12-13-20-19(14-18)23-21(17-10-6-3-7-11-17)24(20)15-16-8-4-2-5-9-16;1-6-7(2)9(4)10(5)8(6)3;;/h2-10,12-14H,15H2,1H3;1-5H3;1H;/q-1;;;+3/p-1. The van der Waals surface area contributed by atoms with Crippen LogP contribution in [-0.2, 0) is 28.6 Å². The van der Waals surface area contributed by atoms with E-state index >= 15 is 0 Å². The summed E-state index contributed by atoms with van der Waals surface area (Å²) < 4.78 is 6.97. The van der Waals surface area contributed by atoms with Gasteiger partial charge in [0.25, 0.3) is 0 Å². The molecule has 5 radical (unpaired) electrons. The van der Waals surface area contributed by atoms with Crippen LogP contribution in [0.3, 0.4) is 0 Å². The van der Waals surface area contributed by atoms with E-state index in [0.29, 0.717) is 12.1 Å². The Morgan fingerprint density at radius 3 is 1.97 bits per heavy atom. The number of rotatable bonds is 4. The monoisotopic (exact) mass is 614 g/mol. The molecule has 5 rings (SSSR count). The van der Waals surface area contributed by atoms with Gasteiger partial charge in [-0.25, -0.2) is 4.79 Å². The summed E-state index contributed by atoms with van der Waals surface area (Å²) in [5.41, 5.74) is 4.32. The second kappa shape index (κ2) is 14.1. The Labute approximate surface area is 241 Å². The molecule has 3 aromatic carbocycles. The molecule has 0 amide bonds. The first-order valence-corrected chi connectivity index (χ1v) is 14.3. The van der Waals surface area contributed by atoms with E-state index in [1.807, 2.05) is 65.8 Å². The summed E-state index contributed by atoms with van der Waals surface area (Å²) in [6.07, 6.45) is 0. The summed E-state index contributed by atoms with van der Waals surface area (Å²) in [6.45, 7) is 11.7. The molecule has 1 aliphatic carbocycles. The fraction of sp³-hybridized carbons (Fsp3) is 0.219. The van der Waals surface area contributed by atoms with Crippen molar-refractivity contribution < 1.29 is 26.8 Å². The number of nitrogens with zero attached hydrogens (tertiary/aromatic N) is 2. The van der Waals surface area contributed by atoms with Gasteiger partial charge < -0.3 is 9.30 Å². The van der Waals surface area contributed by atoms with Crippen LogP contribution < -0.4 is 0 Å². The first kappa shape index (κ1) is 30.1. The van der Waals surface area contributed by atoms with Crippen LogP contribution in [0.1, 0.15) is 50.5 Å². The molecule has 4 aromatic rings. The molecule has 0 unspecified atom stereocenters. The van der Waals surface area contributed by atoms with Crippen LogP contribution in [0.2, 0.25) is 0 Å². The molecule has 0 bridgehead atoms. The molecule has 0 N–H and O–H groups in total. The number of benzene rings is 3. The van der Waals surface area contributed by atoms with Gasteiger partial charge in [-0.2, -0.15) is 0 Å². The molecule has 0 spiro atoms. The number of ether oxygens (including phenoxy) is 1. The van der Waals surface area contributed by atoms with Gasteiger partial charge in [0.1, 0.15) is 0 Å². The van der Waals surface area contributed by atoms with Crippen molar-refractivity contribution >= 4 is 26.7 Å². The second-order valence-corrected chi connectivity index (χ2v) is 9.10. The topological polar surface area (TPSA) is 44.1 Å². The van der Waals surface area contributed by atoms with E-state index in [4.69, 9.17) is 9.72 Å². The quantitative estimate of drug-likeness (QED) is 0.133. The first-order chi connectivity index (χ1) is 18.3. The van der Waals surface area contributed by atoms with Crippen molar-refractivity contribution in [2.75, 3.05) is 7.11 Å². The fourth-order valence-electron chi connectivity index (χ4n) is 4.44. The Morgan fingerprint density at radius 1 is 0.868 bits per heavy atom.